The molecule has 5 heteroatoms. The first-order chi connectivity index (χ1) is 7.07. The van der Waals surface area contributed by atoms with Gasteiger partial charge >= 0.3 is 0 Å². The van der Waals surface area contributed by atoms with Crippen LogP contribution in [0.4, 0.5) is 5.69 Å². The van der Waals surface area contributed by atoms with Crippen molar-refractivity contribution in [3.8, 4) is 0 Å². The second kappa shape index (κ2) is 3.29. The number of non-ortho nitro benzene ring substituents is 1. The Morgan fingerprint density at radius 1 is 1.53 bits per heavy atom. The summed E-state index contributed by atoms with van der Waals surface area (Å²) in [7, 11) is 0. The fourth-order valence-corrected chi connectivity index (χ4v) is 1.55. The Kier molecular flexibility index (Phi) is 2.21. The van der Waals surface area contributed by atoms with E-state index in [9.17, 15) is 10.1 Å². The minimum absolute atomic E-state index is 0.0470. The van der Waals surface area contributed by atoms with Crippen molar-refractivity contribution in [3.63, 3.8) is 0 Å². The molecule has 1 fully saturated rings. The Bertz CT molecular complexity index is 389. The monoisotopic (exact) mass is 209 g/mol. The highest BCUT2D eigenvalue weighted by molar-refractivity contribution is 5.36. The normalized spacial score (nSPS) is 28.8. The van der Waals surface area contributed by atoms with E-state index in [0.29, 0.717) is 0 Å². The van der Waals surface area contributed by atoms with Crippen LogP contribution in [0.1, 0.15) is 18.6 Å². The molecule has 15 heavy (non-hydrogen) atoms. The number of hydrogen-bond acceptors (Lipinski definition) is 4. The molecule has 0 aliphatic carbocycles. The number of aliphatic hydroxyl groups excluding tert-OH is 1. The van der Waals surface area contributed by atoms with Crippen molar-refractivity contribution < 1.29 is 14.8 Å². The average Bonchev–Trinajstić information content (AvgIpc) is 2.92. The van der Waals surface area contributed by atoms with E-state index in [4.69, 9.17) is 9.84 Å². The zero-order valence-corrected chi connectivity index (χ0v) is 8.21. The van der Waals surface area contributed by atoms with E-state index in [1.807, 2.05) is 0 Å². The average molecular weight is 209 g/mol. The highest BCUT2D eigenvalue weighted by atomic mass is 16.6. The molecule has 1 aromatic rings. The summed E-state index contributed by atoms with van der Waals surface area (Å²) in [5.41, 5.74) is 0.401. The van der Waals surface area contributed by atoms with E-state index in [0.717, 1.165) is 5.56 Å². The predicted molar refractivity (Wildman–Crippen MR) is 52.4 cm³/mol. The number of hydrogen-bond donors (Lipinski definition) is 1. The van der Waals surface area contributed by atoms with Crippen LogP contribution in [0.5, 0.6) is 0 Å². The van der Waals surface area contributed by atoms with E-state index in [1.165, 1.54) is 12.1 Å². The van der Waals surface area contributed by atoms with Crippen molar-refractivity contribution in [3.05, 3.63) is 39.9 Å². The van der Waals surface area contributed by atoms with Gasteiger partial charge in [0.2, 0.25) is 0 Å². The third-order valence-electron chi connectivity index (χ3n) is 2.61. The number of nitro benzene ring substituents is 1. The van der Waals surface area contributed by atoms with Crippen molar-refractivity contribution in [1.82, 2.24) is 0 Å². The van der Waals surface area contributed by atoms with Gasteiger partial charge in [-0.3, -0.25) is 10.1 Å². The maximum atomic E-state index is 10.4. The standard InChI is InChI=1S/C10H11NO4/c1-10(6-12)9(15-10)7-2-4-8(5-3-7)11(13)14/h2-5,9,12H,6H2,1H3/t9-,10-/m1/s1. The highest BCUT2D eigenvalue weighted by Gasteiger charge is 2.52. The van der Waals surface area contributed by atoms with Crippen molar-refractivity contribution in [2.45, 2.75) is 18.6 Å². The number of rotatable bonds is 3. The molecule has 1 saturated heterocycles. The Hall–Kier alpha value is -1.46. The number of benzene rings is 1. The topological polar surface area (TPSA) is 75.9 Å². The highest BCUT2D eigenvalue weighted by Crippen LogP contribution is 2.48. The molecule has 1 aliphatic rings. The Labute approximate surface area is 86.4 Å². The van der Waals surface area contributed by atoms with Crippen LogP contribution in [0.2, 0.25) is 0 Å². The van der Waals surface area contributed by atoms with Gasteiger partial charge in [0.05, 0.1) is 11.5 Å². The van der Waals surface area contributed by atoms with Gasteiger partial charge in [0, 0.05) is 12.1 Å². The zero-order chi connectivity index (χ0) is 11.1. The van der Waals surface area contributed by atoms with Crippen molar-refractivity contribution >= 4 is 5.69 Å². The SMILES string of the molecule is C[C@]1(CO)O[C@@H]1c1ccc([N+](=O)[O-])cc1. The maximum absolute atomic E-state index is 10.4. The van der Waals surface area contributed by atoms with Gasteiger partial charge in [-0.25, -0.2) is 0 Å². The second-order valence-electron chi connectivity index (χ2n) is 3.82. The lowest BCUT2D eigenvalue weighted by molar-refractivity contribution is -0.384. The molecule has 2 rings (SSSR count). The lowest BCUT2D eigenvalue weighted by Crippen LogP contribution is -2.11. The molecule has 2 atom stereocenters. The van der Waals surface area contributed by atoms with E-state index >= 15 is 0 Å². The lowest BCUT2D eigenvalue weighted by atomic mass is 10.0. The molecule has 0 spiro atoms. The Balaban J connectivity index is 2.16. The summed E-state index contributed by atoms with van der Waals surface area (Å²) < 4.78 is 5.32. The van der Waals surface area contributed by atoms with Crippen LogP contribution in [0.3, 0.4) is 0 Å². The summed E-state index contributed by atoms with van der Waals surface area (Å²) in [5, 5.41) is 19.4. The molecule has 1 heterocycles. The summed E-state index contributed by atoms with van der Waals surface area (Å²) >= 11 is 0. The molecule has 0 radical (unpaired) electrons. The molecule has 1 N–H and O–H groups in total. The maximum Gasteiger partial charge on any atom is 0.269 e. The first-order valence-corrected chi connectivity index (χ1v) is 4.60. The van der Waals surface area contributed by atoms with Crippen LogP contribution in [0.25, 0.3) is 0 Å². The van der Waals surface area contributed by atoms with E-state index in [2.05, 4.69) is 0 Å². The van der Waals surface area contributed by atoms with Crippen LogP contribution >= 0.6 is 0 Å². The summed E-state index contributed by atoms with van der Waals surface area (Å²) in [4.78, 5) is 9.97. The van der Waals surface area contributed by atoms with Crippen molar-refractivity contribution in [1.29, 1.82) is 0 Å². The number of aliphatic hydroxyl groups is 1. The number of nitro groups is 1. The first-order valence-electron chi connectivity index (χ1n) is 4.60. The minimum Gasteiger partial charge on any atom is -0.393 e. The molecule has 1 aliphatic heterocycles. The number of ether oxygens (including phenoxy) is 1. The Morgan fingerprint density at radius 2 is 2.13 bits per heavy atom. The third-order valence-corrected chi connectivity index (χ3v) is 2.61. The van der Waals surface area contributed by atoms with Gasteiger partial charge in [-0.1, -0.05) is 0 Å². The summed E-state index contributed by atoms with van der Waals surface area (Å²) in [6.45, 7) is 1.76. The number of nitrogens with zero attached hydrogens (tertiary/aromatic N) is 1. The van der Waals surface area contributed by atoms with Gasteiger partial charge in [-0.2, -0.15) is 0 Å². The molecule has 0 aromatic heterocycles. The smallest absolute Gasteiger partial charge is 0.269 e. The van der Waals surface area contributed by atoms with Gasteiger partial charge in [-0.05, 0) is 24.6 Å². The summed E-state index contributed by atoms with van der Waals surface area (Å²) in [6, 6.07) is 6.19. The van der Waals surface area contributed by atoms with Crippen LogP contribution in [-0.2, 0) is 4.74 Å². The van der Waals surface area contributed by atoms with Crippen LogP contribution in [0.15, 0.2) is 24.3 Å². The van der Waals surface area contributed by atoms with Crippen molar-refractivity contribution in [2.75, 3.05) is 6.61 Å². The van der Waals surface area contributed by atoms with Gasteiger partial charge in [0.1, 0.15) is 11.7 Å². The van der Waals surface area contributed by atoms with E-state index < -0.39 is 10.5 Å². The van der Waals surface area contributed by atoms with Crippen LogP contribution < -0.4 is 0 Å². The van der Waals surface area contributed by atoms with Crippen molar-refractivity contribution in [2.24, 2.45) is 0 Å². The largest absolute Gasteiger partial charge is 0.393 e. The molecular weight excluding hydrogens is 198 g/mol. The van der Waals surface area contributed by atoms with E-state index in [1.54, 1.807) is 19.1 Å². The predicted octanol–water partition coefficient (Wildman–Crippen LogP) is 1.42. The summed E-state index contributed by atoms with van der Waals surface area (Å²) in [6.07, 6.45) is -0.150. The number of epoxide rings is 1. The molecule has 5 nitrogen and oxygen atoms in total. The molecule has 0 saturated carbocycles. The fourth-order valence-electron chi connectivity index (χ4n) is 1.55. The van der Waals surface area contributed by atoms with Crippen LogP contribution in [0, 0.1) is 10.1 Å². The fraction of sp³-hybridized carbons (Fsp3) is 0.400. The van der Waals surface area contributed by atoms with Crippen LogP contribution in [-0.4, -0.2) is 22.2 Å². The molecular formula is C10H11NO4. The quantitative estimate of drug-likeness (QED) is 0.464. The Morgan fingerprint density at radius 3 is 2.53 bits per heavy atom. The zero-order valence-electron chi connectivity index (χ0n) is 8.21. The summed E-state index contributed by atoms with van der Waals surface area (Å²) in [5.74, 6) is 0. The molecule has 0 bridgehead atoms. The van der Waals surface area contributed by atoms with Gasteiger partial charge in [-0.15, -0.1) is 0 Å². The van der Waals surface area contributed by atoms with E-state index in [-0.39, 0.29) is 18.4 Å². The second-order valence-corrected chi connectivity index (χ2v) is 3.82. The molecule has 0 amide bonds. The van der Waals surface area contributed by atoms with Gasteiger partial charge in [0.25, 0.3) is 5.69 Å². The minimum atomic E-state index is -0.518. The molecule has 80 valence electrons. The molecule has 0 unspecified atom stereocenters. The van der Waals surface area contributed by atoms with Gasteiger partial charge in [0.15, 0.2) is 0 Å². The molecule has 1 aromatic carbocycles. The third kappa shape index (κ3) is 1.71. The van der Waals surface area contributed by atoms with Gasteiger partial charge < -0.3 is 9.84 Å². The first kappa shape index (κ1) is 10.1. The lowest BCUT2D eigenvalue weighted by Gasteiger charge is -2.00.